The summed E-state index contributed by atoms with van der Waals surface area (Å²) in [4.78, 5) is 0. The lowest BCUT2D eigenvalue weighted by atomic mass is 9.96. The molecule has 2 fully saturated rings. The normalized spacial score (nSPS) is 51.7. The van der Waals surface area contributed by atoms with Crippen LogP contribution in [-0.4, -0.2) is 92.1 Å². The van der Waals surface area contributed by atoms with Crippen molar-refractivity contribution in [3.05, 3.63) is 0 Å². The molecule has 0 radical (unpaired) electrons. The highest BCUT2D eigenvalue weighted by molar-refractivity contribution is 4.91. The van der Waals surface area contributed by atoms with Crippen LogP contribution in [0.15, 0.2) is 0 Å². The van der Waals surface area contributed by atoms with Crippen molar-refractivity contribution in [3.63, 3.8) is 0 Å². The molecule has 5 unspecified atom stereocenters. The smallest absolute Gasteiger partial charge is 0.189 e. The maximum atomic E-state index is 9.97. The Bertz CT molecular complexity index is 343. The van der Waals surface area contributed by atoms with Gasteiger partial charge in [-0.15, -0.1) is 0 Å². The molecule has 0 aromatic carbocycles. The molecule has 9 nitrogen and oxygen atoms in total. The lowest BCUT2D eigenvalue weighted by Gasteiger charge is -2.44. The van der Waals surface area contributed by atoms with Crippen molar-refractivity contribution >= 4 is 0 Å². The Hall–Kier alpha value is -0.360. The highest BCUT2D eigenvalue weighted by Gasteiger charge is 2.49. The van der Waals surface area contributed by atoms with Crippen molar-refractivity contribution < 1.29 is 44.8 Å². The Morgan fingerprint density at radius 2 is 0.957 bits per heavy atom. The molecule has 0 saturated carbocycles. The summed E-state index contributed by atoms with van der Waals surface area (Å²) in [7, 11) is 0. The van der Waals surface area contributed by atoms with Gasteiger partial charge in [0.2, 0.25) is 0 Å². The predicted molar refractivity (Wildman–Crippen MR) is 75.0 cm³/mol. The fourth-order valence-electron chi connectivity index (χ4n) is 2.87. The van der Waals surface area contributed by atoms with E-state index in [1.165, 1.54) is 0 Å². The third-order valence-corrected chi connectivity index (χ3v) is 4.41. The van der Waals surface area contributed by atoms with Gasteiger partial charge in [-0.3, -0.25) is 0 Å². The largest absolute Gasteiger partial charge is 0.388 e. The molecule has 0 aromatic heterocycles. The first-order valence-electron chi connectivity index (χ1n) is 7.86. The minimum atomic E-state index is -1.55. The molecule has 9 heteroatoms. The van der Waals surface area contributed by atoms with Crippen LogP contribution in [0.5, 0.6) is 0 Å². The van der Waals surface area contributed by atoms with E-state index in [4.69, 9.17) is 14.2 Å². The van der Waals surface area contributed by atoms with Gasteiger partial charge in [0.05, 0.1) is 12.2 Å². The van der Waals surface area contributed by atoms with Gasteiger partial charge < -0.3 is 44.8 Å². The van der Waals surface area contributed by atoms with Crippen LogP contribution in [0.3, 0.4) is 0 Å². The molecule has 0 bridgehead atoms. The topological polar surface area (TPSA) is 149 Å². The van der Waals surface area contributed by atoms with Crippen molar-refractivity contribution in [3.8, 4) is 0 Å². The maximum Gasteiger partial charge on any atom is 0.189 e. The third-order valence-electron chi connectivity index (χ3n) is 4.41. The third kappa shape index (κ3) is 3.68. The number of rotatable bonds is 4. The maximum absolute atomic E-state index is 9.97. The molecule has 10 atom stereocenters. The lowest BCUT2D eigenvalue weighted by Crippen LogP contribution is -2.62. The van der Waals surface area contributed by atoms with Gasteiger partial charge in [0.1, 0.15) is 36.6 Å². The van der Waals surface area contributed by atoms with Gasteiger partial charge in [-0.25, -0.2) is 0 Å². The minimum absolute atomic E-state index is 0.373. The molecule has 23 heavy (non-hydrogen) atoms. The Balaban J connectivity index is 2.07. The van der Waals surface area contributed by atoms with Crippen LogP contribution in [0.25, 0.3) is 0 Å². The van der Waals surface area contributed by atoms with Crippen LogP contribution in [0.2, 0.25) is 0 Å². The first-order chi connectivity index (χ1) is 10.8. The Labute approximate surface area is 134 Å². The zero-order valence-electron chi connectivity index (χ0n) is 13.1. The second-order valence-corrected chi connectivity index (χ2v) is 5.98. The van der Waals surface area contributed by atoms with Crippen LogP contribution in [0, 0.1) is 0 Å². The van der Waals surface area contributed by atoms with Crippen LogP contribution in [0.1, 0.15) is 26.7 Å². The first kappa shape index (κ1) is 19.0. The molecule has 0 aromatic rings. The van der Waals surface area contributed by atoms with E-state index in [1.807, 2.05) is 0 Å². The highest BCUT2D eigenvalue weighted by atomic mass is 16.8. The summed E-state index contributed by atoms with van der Waals surface area (Å²) in [6.07, 6.45) is -12.0. The molecule has 0 spiro atoms. The molecule has 2 saturated heterocycles. The molecular weight excluding hydrogens is 312 g/mol. The summed E-state index contributed by atoms with van der Waals surface area (Å²) < 4.78 is 16.2. The second kappa shape index (κ2) is 7.68. The van der Waals surface area contributed by atoms with Crippen molar-refractivity contribution in [1.29, 1.82) is 0 Å². The van der Waals surface area contributed by atoms with E-state index < -0.39 is 61.4 Å². The summed E-state index contributed by atoms with van der Waals surface area (Å²) >= 11 is 0. The molecule has 0 aliphatic carbocycles. The minimum Gasteiger partial charge on any atom is -0.388 e. The molecule has 2 aliphatic rings. The van der Waals surface area contributed by atoms with Crippen LogP contribution < -0.4 is 0 Å². The van der Waals surface area contributed by atoms with Crippen molar-refractivity contribution in [2.24, 2.45) is 0 Å². The zero-order valence-corrected chi connectivity index (χ0v) is 13.1. The Morgan fingerprint density at radius 1 is 0.609 bits per heavy atom. The first-order valence-corrected chi connectivity index (χ1v) is 7.86. The molecular formula is C14H26O9. The number of hydrogen-bond donors (Lipinski definition) is 6. The summed E-state index contributed by atoms with van der Waals surface area (Å²) in [6, 6.07) is 0. The van der Waals surface area contributed by atoms with Gasteiger partial charge in [0, 0.05) is 0 Å². The van der Waals surface area contributed by atoms with E-state index in [2.05, 4.69) is 0 Å². The van der Waals surface area contributed by atoms with E-state index in [1.54, 1.807) is 13.8 Å². The predicted octanol–water partition coefficient (Wildman–Crippen LogP) is -2.56. The molecule has 2 heterocycles. The van der Waals surface area contributed by atoms with E-state index >= 15 is 0 Å². The standard InChI is InChI=1S/C14H26O9/c1-3-5-7(15)9(17)11(19)13(21-5)23-14-12(20)10(18)8(16)6(4-2)22-14/h5-20H,3-4H2,1-2H3/t5?,6?,7-,8-,9-,10?,11?,12?,13+,14+/m1/s1. The van der Waals surface area contributed by atoms with Crippen LogP contribution >= 0.6 is 0 Å². The summed E-state index contributed by atoms with van der Waals surface area (Å²) in [5.41, 5.74) is 0. The summed E-state index contributed by atoms with van der Waals surface area (Å²) in [5, 5.41) is 59.2. The quantitative estimate of drug-likeness (QED) is 0.325. The number of aliphatic hydroxyl groups excluding tert-OH is 6. The van der Waals surface area contributed by atoms with Gasteiger partial charge >= 0.3 is 0 Å². The van der Waals surface area contributed by atoms with Crippen LogP contribution in [-0.2, 0) is 14.2 Å². The van der Waals surface area contributed by atoms with Gasteiger partial charge in [0.15, 0.2) is 12.6 Å². The monoisotopic (exact) mass is 338 g/mol. The average Bonchev–Trinajstić information content (AvgIpc) is 2.55. The van der Waals surface area contributed by atoms with E-state index in [0.29, 0.717) is 12.8 Å². The molecule has 0 amide bonds. The fourth-order valence-corrected chi connectivity index (χ4v) is 2.87. The number of hydrogen-bond acceptors (Lipinski definition) is 9. The van der Waals surface area contributed by atoms with Crippen molar-refractivity contribution in [2.75, 3.05) is 0 Å². The molecule has 2 aliphatic heterocycles. The summed E-state index contributed by atoms with van der Waals surface area (Å²) in [5.74, 6) is 0. The van der Waals surface area contributed by atoms with E-state index in [0.717, 1.165) is 0 Å². The van der Waals surface area contributed by atoms with E-state index in [9.17, 15) is 30.6 Å². The zero-order chi connectivity index (χ0) is 17.3. The number of ether oxygens (including phenoxy) is 3. The number of aliphatic hydroxyl groups is 6. The van der Waals surface area contributed by atoms with E-state index in [-0.39, 0.29) is 0 Å². The summed E-state index contributed by atoms with van der Waals surface area (Å²) in [6.45, 7) is 3.46. The SMILES string of the molecule is CCC1O[C@@H](O[C@@H]2OC(CC)[C@@H](O)[C@@H](O)C2O)C(O)C(O)[C@@H]1O. The van der Waals surface area contributed by atoms with Gasteiger partial charge in [-0.2, -0.15) is 0 Å². The van der Waals surface area contributed by atoms with Crippen LogP contribution in [0.4, 0.5) is 0 Å². The molecule has 6 N–H and O–H groups in total. The Morgan fingerprint density at radius 3 is 1.26 bits per heavy atom. The van der Waals surface area contributed by atoms with Gasteiger partial charge in [-0.1, -0.05) is 13.8 Å². The highest BCUT2D eigenvalue weighted by Crippen LogP contribution is 2.29. The van der Waals surface area contributed by atoms with Crippen molar-refractivity contribution in [2.45, 2.75) is 88.1 Å². The average molecular weight is 338 g/mol. The fraction of sp³-hybridized carbons (Fsp3) is 1.00. The molecule has 2 rings (SSSR count). The van der Waals surface area contributed by atoms with Gasteiger partial charge in [-0.05, 0) is 12.8 Å². The van der Waals surface area contributed by atoms with Gasteiger partial charge in [0.25, 0.3) is 0 Å². The second-order valence-electron chi connectivity index (χ2n) is 5.98. The lowest BCUT2D eigenvalue weighted by molar-refractivity contribution is -0.373. The molecule has 136 valence electrons. The van der Waals surface area contributed by atoms with Crippen molar-refractivity contribution in [1.82, 2.24) is 0 Å². The Kier molecular flexibility index (Phi) is 6.34.